The number of hydrogen-bond acceptors (Lipinski definition) is 3. The van der Waals surface area contributed by atoms with Crippen molar-refractivity contribution >= 4 is 23.6 Å². The molecule has 1 aliphatic carbocycles. The molecule has 0 heterocycles. The van der Waals surface area contributed by atoms with E-state index in [9.17, 15) is 22.8 Å². The minimum Gasteiger partial charge on any atom is -0.369 e. The summed E-state index contributed by atoms with van der Waals surface area (Å²) in [5, 5.41) is 2.69. The van der Waals surface area contributed by atoms with Crippen molar-refractivity contribution in [3.8, 4) is 0 Å². The van der Waals surface area contributed by atoms with Gasteiger partial charge in [0.15, 0.2) is 0 Å². The third kappa shape index (κ3) is 6.17. The molecule has 8 heteroatoms. The number of rotatable bonds is 5. The molecule has 0 radical (unpaired) electrons. The van der Waals surface area contributed by atoms with E-state index < -0.39 is 18.0 Å². The standard InChI is InChI=1S/C11H17F3N2O2S/c12-11(13,14)7-1-3-8(4-2-7)16-10(18)6-19-5-9(15)17/h7-8H,1-6H2,(H2,15,17)(H,16,18). The Hall–Kier alpha value is -0.920. The lowest BCUT2D eigenvalue weighted by Crippen LogP contribution is -2.40. The van der Waals surface area contributed by atoms with Crippen LogP contribution in [0.5, 0.6) is 0 Å². The maximum atomic E-state index is 12.4. The maximum Gasteiger partial charge on any atom is 0.391 e. The first kappa shape index (κ1) is 16.1. The molecule has 1 saturated carbocycles. The van der Waals surface area contributed by atoms with E-state index in [1.165, 1.54) is 0 Å². The molecular weight excluding hydrogens is 281 g/mol. The van der Waals surface area contributed by atoms with Gasteiger partial charge in [-0.15, -0.1) is 11.8 Å². The topological polar surface area (TPSA) is 72.2 Å². The summed E-state index contributed by atoms with van der Waals surface area (Å²) in [6.07, 6.45) is -3.33. The zero-order chi connectivity index (χ0) is 14.5. The molecule has 110 valence electrons. The Morgan fingerprint density at radius 2 is 1.74 bits per heavy atom. The van der Waals surface area contributed by atoms with Crippen molar-refractivity contribution in [2.24, 2.45) is 11.7 Å². The Morgan fingerprint density at radius 1 is 1.16 bits per heavy atom. The van der Waals surface area contributed by atoms with Crippen LogP contribution >= 0.6 is 11.8 Å². The number of halogens is 3. The number of carbonyl (C=O) groups is 2. The molecule has 0 unspecified atom stereocenters. The quantitative estimate of drug-likeness (QED) is 0.807. The van der Waals surface area contributed by atoms with Crippen LogP contribution in [0, 0.1) is 5.92 Å². The van der Waals surface area contributed by atoms with Crippen LogP contribution in [-0.4, -0.2) is 35.5 Å². The highest BCUT2D eigenvalue weighted by Crippen LogP contribution is 2.37. The number of primary amides is 1. The molecule has 0 atom stereocenters. The fourth-order valence-electron chi connectivity index (χ4n) is 2.08. The maximum absolute atomic E-state index is 12.4. The summed E-state index contributed by atoms with van der Waals surface area (Å²) < 4.78 is 37.3. The Labute approximate surface area is 113 Å². The highest BCUT2D eigenvalue weighted by Gasteiger charge is 2.41. The van der Waals surface area contributed by atoms with Crippen molar-refractivity contribution in [2.75, 3.05) is 11.5 Å². The Kier molecular flexibility index (Phi) is 5.96. The van der Waals surface area contributed by atoms with Crippen molar-refractivity contribution in [1.29, 1.82) is 0 Å². The highest BCUT2D eigenvalue weighted by atomic mass is 32.2. The number of thioether (sulfide) groups is 1. The molecule has 19 heavy (non-hydrogen) atoms. The van der Waals surface area contributed by atoms with E-state index in [-0.39, 0.29) is 36.3 Å². The third-order valence-corrected chi connectivity index (χ3v) is 3.99. The molecular formula is C11H17F3N2O2S. The molecule has 0 aromatic heterocycles. The number of carbonyl (C=O) groups excluding carboxylic acids is 2. The SMILES string of the molecule is NC(=O)CSCC(=O)NC1CCC(C(F)(F)F)CC1. The van der Waals surface area contributed by atoms with Gasteiger partial charge in [-0.05, 0) is 25.7 Å². The lowest BCUT2D eigenvalue weighted by molar-refractivity contribution is -0.182. The van der Waals surface area contributed by atoms with Crippen LogP contribution in [0.25, 0.3) is 0 Å². The lowest BCUT2D eigenvalue weighted by atomic mass is 9.85. The van der Waals surface area contributed by atoms with Gasteiger partial charge >= 0.3 is 6.18 Å². The summed E-state index contributed by atoms with van der Waals surface area (Å²) in [6.45, 7) is 0. The molecule has 1 aliphatic rings. The summed E-state index contributed by atoms with van der Waals surface area (Å²) in [5.41, 5.74) is 4.92. The summed E-state index contributed by atoms with van der Waals surface area (Å²) in [7, 11) is 0. The number of alkyl halides is 3. The van der Waals surface area contributed by atoms with E-state index in [0.29, 0.717) is 12.8 Å². The number of amides is 2. The van der Waals surface area contributed by atoms with Gasteiger partial charge in [-0.25, -0.2) is 0 Å². The normalized spacial score (nSPS) is 23.9. The monoisotopic (exact) mass is 298 g/mol. The molecule has 0 saturated heterocycles. The first-order chi connectivity index (χ1) is 8.79. The zero-order valence-electron chi connectivity index (χ0n) is 10.3. The van der Waals surface area contributed by atoms with Gasteiger partial charge in [-0.2, -0.15) is 13.2 Å². The van der Waals surface area contributed by atoms with E-state index in [0.717, 1.165) is 11.8 Å². The first-order valence-corrected chi connectivity index (χ1v) is 7.16. The van der Waals surface area contributed by atoms with Gasteiger partial charge in [0, 0.05) is 6.04 Å². The molecule has 0 spiro atoms. The molecule has 0 bridgehead atoms. The summed E-state index contributed by atoms with van der Waals surface area (Å²) >= 11 is 1.10. The molecule has 2 amide bonds. The average molecular weight is 298 g/mol. The van der Waals surface area contributed by atoms with Gasteiger partial charge in [-0.1, -0.05) is 0 Å². The Morgan fingerprint density at radius 3 is 2.21 bits per heavy atom. The van der Waals surface area contributed by atoms with Crippen molar-refractivity contribution in [3.63, 3.8) is 0 Å². The second-order valence-corrected chi connectivity index (χ2v) is 5.60. The molecule has 3 N–H and O–H groups in total. The fraction of sp³-hybridized carbons (Fsp3) is 0.818. The van der Waals surface area contributed by atoms with Crippen LogP contribution in [0.2, 0.25) is 0 Å². The second kappa shape index (κ2) is 7.02. The molecule has 4 nitrogen and oxygen atoms in total. The van der Waals surface area contributed by atoms with Gasteiger partial charge in [0.1, 0.15) is 0 Å². The van der Waals surface area contributed by atoms with E-state index >= 15 is 0 Å². The van der Waals surface area contributed by atoms with Crippen LogP contribution in [0.4, 0.5) is 13.2 Å². The van der Waals surface area contributed by atoms with Gasteiger partial charge in [-0.3, -0.25) is 9.59 Å². The van der Waals surface area contributed by atoms with E-state index in [1.54, 1.807) is 0 Å². The van der Waals surface area contributed by atoms with Gasteiger partial charge in [0.25, 0.3) is 0 Å². The first-order valence-electron chi connectivity index (χ1n) is 6.01. The second-order valence-electron chi connectivity index (χ2n) is 4.62. The van der Waals surface area contributed by atoms with Crippen LogP contribution < -0.4 is 11.1 Å². The van der Waals surface area contributed by atoms with Crippen LogP contribution in [0.1, 0.15) is 25.7 Å². The smallest absolute Gasteiger partial charge is 0.369 e. The summed E-state index contributed by atoms with van der Waals surface area (Å²) in [5.74, 6) is -1.84. The lowest BCUT2D eigenvalue weighted by Gasteiger charge is -2.30. The largest absolute Gasteiger partial charge is 0.391 e. The minimum absolute atomic E-state index is 0.0584. The number of nitrogens with one attached hydrogen (secondary N) is 1. The Bertz CT molecular complexity index is 328. The van der Waals surface area contributed by atoms with E-state index in [1.807, 2.05) is 0 Å². The molecule has 1 fully saturated rings. The average Bonchev–Trinajstić information content (AvgIpc) is 2.27. The third-order valence-electron chi connectivity index (χ3n) is 3.03. The number of hydrogen-bond donors (Lipinski definition) is 2. The van der Waals surface area contributed by atoms with Crippen molar-refractivity contribution in [3.05, 3.63) is 0 Å². The summed E-state index contributed by atoms with van der Waals surface area (Å²) in [4.78, 5) is 21.9. The van der Waals surface area contributed by atoms with E-state index in [2.05, 4.69) is 5.32 Å². The van der Waals surface area contributed by atoms with Gasteiger partial charge in [0.2, 0.25) is 11.8 Å². The van der Waals surface area contributed by atoms with Crippen molar-refractivity contribution in [2.45, 2.75) is 37.9 Å². The molecule has 1 rings (SSSR count). The number of nitrogens with two attached hydrogens (primary N) is 1. The van der Waals surface area contributed by atoms with Crippen LogP contribution in [0.15, 0.2) is 0 Å². The summed E-state index contributed by atoms with van der Waals surface area (Å²) in [6, 6.07) is -0.194. The van der Waals surface area contributed by atoms with Crippen molar-refractivity contribution < 1.29 is 22.8 Å². The predicted octanol–water partition coefficient (Wildman–Crippen LogP) is 1.44. The molecule has 0 aromatic rings. The van der Waals surface area contributed by atoms with Crippen LogP contribution in [0.3, 0.4) is 0 Å². The minimum atomic E-state index is -4.13. The molecule has 0 aromatic carbocycles. The van der Waals surface area contributed by atoms with E-state index in [4.69, 9.17) is 5.73 Å². The predicted molar refractivity (Wildman–Crippen MR) is 66.5 cm³/mol. The molecule has 0 aliphatic heterocycles. The zero-order valence-corrected chi connectivity index (χ0v) is 11.1. The highest BCUT2D eigenvalue weighted by molar-refractivity contribution is 8.00. The van der Waals surface area contributed by atoms with Crippen LogP contribution in [-0.2, 0) is 9.59 Å². The van der Waals surface area contributed by atoms with Crippen molar-refractivity contribution in [1.82, 2.24) is 5.32 Å². The van der Waals surface area contributed by atoms with Gasteiger partial charge in [0.05, 0.1) is 17.4 Å². The Balaban J connectivity index is 2.22. The van der Waals surface area contributed by atoms with Gasteiger partial charge < -0.3 is 11.1 Å². The fourth-order valence-corrected chi connectivity index (χ4v) is 2.65.